The van der Waals surface area contributed by atoms with Crippen molar-refractivity contribution in [3.8, 4) is 0 Å². The van der Waals surface area contributed by atoms with Crippen molar-refractivity contribution in [3.63, 3.8) is 0 Å². The lowest BCUT2D eigenvalue weighted by Gasteiger charge is -2.27. The fourth-order valence-corrected chi connectivity index (χ4v) is 2.69. The van der Waals surface area contributed by atoms with Crippen molar-refractivity contribution < 1.29 is 18.3 Å². The Morgan fingerprint density at radius 1 is 0.957 bits per heavy atom. The van der Waals surface area contributed by atoms with Crippen LogP contribution in [-0.4, -0.2) is 36.8 Å². The van der Waals surface area contributed by atoms with Gasteiger partial charge in [-0.15, -0.1) is 0 Å². The van der Waals surface area contributed by atoms with Gasteiger partial charge in [0.25, 0.3) is 0 Å². The second kappa shape index (κ2) is 7.15. The lowest BCUT2D eigenvalue weighted by Crippen LogP contribution is -2.31. The molecule has 0 saturated carbocycles. The number of halogens is 3. The molecule has 5 heteroatoms. The maximum Gasteiger partial charge on any atom is 0.416 e. The summed E-state index contributed by atoms with van der Waals surface area (Å²) in [5.41, 5.74) is 0.550. The van der Waals surface area contributed by atoms with Gasteiger partial charge in [0.2, 0.25) is 0 Å². The minimum atomic E-state index is -4.40. The second-order valence-electron chi connectivity index (χ2n) is 5.84. The lowest BCUT2D eigenvalue weighted by atomic mass is 9.85. The molecule has 0 bridgehead atoms. The number of hydrogen-bond acceptors (Lipinski definition) is 2. The Kier molecular flexibility index (Phi) is 5.44. The number of aliphatic hydroxyl groups is 1. The van der Waals surface area contributed by atoms with Crippen molar-refractivity contribution in [2.45, 2.75) is 18.2 Å². The summed E-state index contributed by atoms with van der Waals surface area (Å²) in [5.74, 6) is -0.513. The maximum absolute atomic E-state index is 13.0. The van der Waals surface area contributed by atoms with Crippen LogP contribution in [0.5, 0.6) is 0 Å². The summed E-state index contributed by atoms with van der Waals surface area (Å²) in [5, 5.41) is 10.6. The number of benzene rings is 2. The van der Waals surface area contributed by atoms with Crippen molar-refractivity contribution in [1.29, 1.82) is 0 Å². The van der Waals surface area contributed by atoms with Crippen molar-refractivity contribution in [1.82, 2.24) is 4.90 Å². The SMILES string of the molecule is CN(C)CC(O)C(c1ccccc1)c1cccc(C(F)(F)F)c1. The average molecular weight is 323 g/mol. The molecule has 2 atom stereocenters. The molecule has 0 fully saturated rings. The van der Waals surface area contributed by atoms with Crippen molar-refractivity contribution in [2.75, 3.05) is 20.6 Å². The standard InChI is InChI=1S/C18H20F3NO/c1-22(2)12-16(23)17(13-7-4-3-5-8-13)14-9-6-10-15(11-14)18(19,20)21/h3-11,16-17,23H,12H2,1-2H3. The Morgan fingerprint density at radius 3 is 2.13 bits per heavy atom. The molecule has 23 heavy (non-hydrogen) atoms. The minimum Gasteiger partial charge on any atom is -0.391 e. The van der Waals surface area contributed by atoms with Crippen LogP contribution in [0.25, 0.3) is 0 Å². The normalized spacial score (nSPS) is 14.7. The number of rotatable bonds is 5. The van der Waals surface area contributed by atoms with Crippen molar-refractivity contribution >= 4 is 0 Å². The van der Waals surface area contributed by atoms with E-state index in [0.717, 1.165) is 17.7 Å². The fourth-order valence-electron chi connectivity index (χ4n) is 2.69. The van der Waals surface area contributed by atoms with E-state index in [1.54, 1.807) is 6.07 Å². The van der Waals surface area contributed by atoms with Crippen LogP contribution in [0.1, 0.15) is 22.6 Å². The van der Waals surface area contributed by atoms with E-state index >= 15 is 0 Å². The summed E-state index contributed by atoms with van der Waals surface area (Å²) in [6.07, 6.45) is -5.21. The molecule has 1 N–H and O–H groups in total. The van der Waals surface area contributed by atoms with Gasteiger partial charge in [-0.2, -0.15) is 13.2 Å². The molecule has 2 aromatic rings. The Balaban J connectivity index is 2.46. The van der Waals surface area contributed by atoms with Gasteiger partial charge < -0.3 is 10.0 Å². The predicted molar refractivity (Wildman–Crippen MR) is 84.3 cm³/mol. The highest BCUT2D eigenvalue weighted by Gasteiger charge is 2.32. The zero-order chi connectivity index (χ0) is 17.0. The third-order valence-corrected chi connectivity index (χ3v) is 3.67. The van der Waals surface area contributed by atoms with Gasteiger partial charge in [-0.05, 0) is 31.3 Å². The van der Waals surface area contributed by atoms with Crippen molar-refractivity contribution in [3.05, 3.63) is 71.3 Å². The first-order chi connectivity index (χ1) is 10.8. The molecule has 2 nitrogen and oxygen atoms in total. The van der Waals surface area contributed by atoms with E-state index in [4.69, 9.17) is 0 Å². The van der Waals surface area contributed by atoms with Gasteiger partial charge in [0.15, 0.2) is 0 Å². The second-order valence-corrected chi connectivity index (χ2v) is 5.84. The third kappa shape index (κ3) is 4.56. The van der Waals surface area contributed by atoms with E-state index in [1.165, 1.54) is 6.07 Å². The van der Waals surface area contributed by atoms with Gasteiger partial charge in [0, 0.05) is 12.5 Å². The van der Waals surface area contributed by atoms with E-state index in [-0.39, 0.29) is 0 Å². The van der Waals surface area contributed by atoms with Gasteiger partial charge in [0.05, 0.1) is 11.7 Å². The molecule has 0 heterocycles. The number of aliphatic hydroxyl groups excluding tert-OH is 1. The molecule has 0 amide bonds. The largest absolute Gasteiger partial charge is 0.416 e. The van der Waals surface area contributed by atoms with Crippen LogP contribution in [0.4, 0.5) is 13.2 Å². The van der Waals surface area contributed by atoms with E-state index < -0.39 is 23.8 Å². The zero-order valence-corrected chi connectivity index (χ0v) is 13.1. The molecule has 0 aromatic heterocycles. The number of likely N-dealkylation sites (N-methyl/N-ethyl adjacent to an activating group) is 1. The number of alkyl halides is 3. The highest BCUT2D eigenvalue weighted by Crippen LogP contribution is 2.34. The highest BCUT2D eigenvalue weighted by molar-refractivity contribution is 5.37. The van der Waals surface area contributed by atoms with Crippen LogP contribution in [0.3, 0.4) is 0 Å². The van der Waals surface area contributed by atoms with E-state index in [9.17, 15) is 18.3 Å². The lowest BCUT2D eigenvalue weighted by molar-refractivity contribution is -0.137. The fraction of sp³-hybridized carbons (Fsp3) is 0.333. The van der Waals surface area contributed by atoms with Gasteiger partial charge in [-0.3, -0.25) is 0 Å². The van der Waals surface area contributed by atoms with Gasteiger partial charge in [-0.1, -0.05) is 48.5 Å². The topological polar surface area (TPSA) is 23.5 Å². The molecule has 0 spiro atoms. The molecule has 0 aliphatic rings. The van der Waals surface area contributed by atoms with Crippen molar-refractivity contribution in [2.24, 2.45) is 0 Å². The first kappa shape index (κ1) is 17.5. The minimum absolute atomic E-state index is 0.357. The number of hydrogen-bond donors (Lipinski definition) is 1. The summed E-state index contributed by atoms with van der Waals surface area (Å²) in [4.78, 5) is 1.81. The predicted octanol–water partition coefficient (Wildman–Crippen LogP) is 3.76. The van der Waals surface area contributed by atoms with Crippen LogP contribution >= 0.6 is 0 Å². The first-order valence-electron chi connectivity index (χ1n) is 7.34. The summed E-state index contributed by atoms with van der Waals surface area (Å²) in [7, 11) is 3.63. The van der Waals surface area contributed by atoms with E-state index in [0.29, 0.717) is 12.1 Å². The summed E-state index contributed by atoms with van der Waals surface area (Å²) in [6.45, 7) is 0.357. The van der Waals surface area contributed by atoms with Crippen LogP contribution in [0.2, 0.25) is 0 Å². The first-order valence-corrected chi connectivity index (χ1v) is 7.34. The molecule has 2 unspecified atom stereocenters. The molecule has 0 aliphatic heterocycles. The van der Waals surface area contributed by atoms with Crippen LogP contribution in [0.15, 0.2) is 54.6 Å². The smallest absolute Gasteiger partial charge is 0.391 e. The Hall–Kier alpha value is -1.85. The quantitative estimate of drug-likeness (QED) is 0.906. The van der Waals surface area contributed by atoms with E-state index in [1.807, 2.05) is 49.3 Å². The molecule has 2 aromatic carbocycles. The molecule has 124 valence electrons. The van der Waals surface area contributed by atoms with Gasteiger partial charge in [0.1, 0.15) is 0 Å². The Morgan fingerprint density at radius 2 is 1.57 bits per heavy atom. The third-order valence-electron chi connectivity index (χ3n) is 3.67. The molecule has 0 radical (unpaired) electrons. The Labute approximate surface area is 134 Å². The number of nitrogens with zero attached hydrogens (tertiary/aromatic N) is 1. The zero-order valence-electron chi connectivity index (χ0n) is 13.1. The van der Waals surface area contributed by atoms with Crippen LogP contribution < -0.4 is 0 Å². The van der Waals surface area contributed by atoms with Crippen LogP contribution in [0, 0.1) is 0 Å². The molecule has 2 rings (SSSR count). The molecular weight excluding hydrogens is 303 g/mol. The molecule has 0 saturated heterocycles. The van der Waals surface area contributed by atoms with Gasteiger partial charge >= 0.3 is 6.18 Å². The van der Waals surface area contributed by atoms with E-state index in [2.05, 4.69) is 0 Å². The maximum atomic E-state index is 13.0. The molecular formula is C18H20F3NO. The monoisotopic (exact) mass is 323 g/mol. The van der Waals surface area contributed by atoms with Gasteiger partial charge in [-0.25, -0.2) is 0 Å². The summed E-state index contributed by atoms with van der Waals surface area (Å²) >= 11 is 0. The Bertz CT molecular complexity index is 626. The van der Waals surface area contributed by atoms with Crippen LogP contribution in [-0.2, 0) is 6.18 Å². The highest BCUT2D eigenvalue weighted by atomic mass is 19.4. The molecule has 0 aliphatic carbocycles. The summed E-state index contributed by atoms with van der Waals surface area (Å²) < 4.78 is 38.9. The summed E-state index contributed by atoms with van der Waals surface area (Å²) in [6, 6.07) is 14.3. The average Bonchev–Trinajstić information content (AvgIpc) is 2.47.